The van der Waals surface area contributed by atoms with Crippen LogP contribution in [0.3, 0.4) is 0 Å². The summed E-state index contributed by atoms with van der Waals surface area (Å²) in [6.45, 7) is 0.711. The number of hydrogen-bond acceptors (Lipinski definition) is 3. The predicted molar refractivity (Wildman–Crippen MR) is 106 cm³/mol. The quantitative estimate of drug-likeness (QED) is 0.768. The Hall–Kier alpha value is -1.96. The Balaban J connectivity index is 1.66. The molecule has 150 valence electrons. The fraction of sp³-hybridized carbons (Fsp3) is 0.350. The predicted octanol–water partition coefficient (Wildman–Crippen LogP) is 3.73. The summed E-state index contributed by atoms with van der Waals surface area (Å²) in [7, 11) is -3.77. The van der Waals surface area contributed by atoms with E-state index in [2.05, 4.69) is 5.32 Å². The van der Waals surface area contributed by atoms with Crippen LogP contribution in [0.2, 0.25) is 5.02 Å². The maximum Gasteiger partial charge on any atom is 0.243 e. The normalized spacial score (nSPS) is 18.0. The van der Waals surface area contributed by atoms with Crippen LogP contribution in [0.1, 0.15) is 31.2 Å². The number of carbonyl (C=O) groups excluding carboxylic acids is 1. The zero-order chi connectivity index (χ0) is 20.1. The lowest BCUT2D eigenvalue weighted by Gasteiger charge is -2.34. The van der Waals surface area contributed by atoms with Crippen LogP contribution in [0.5, 0.6) is 0 Å². The first kappa shape index (κ1) is 20.8. The highest BCUT2D eigenvalue weighted by Crippen LogP contribution is 2.27. The lowest BCUT2D eigenvalue weighted by atomic mass is 10.0. The molecule has 1 aliphatic heterocycles. The molecule has 1 heterocycles. The minimum Gasteiger partial charge on any atom is -0.352 e. The van der Waals surface area contributed by atoms with Gasteiger partial charge in [0.2, 0.25) is 15.9 Å². The maximum absolute atomic E-state index is 13.1. The van der Waals surface area contributed by atoms with Crippen molar-refractivity contribution in [1.82, 2.24) is 9.62 Å². The summed E-state index contributed by atoms with van der Waals surface area (Å²) in [6, 6.07) is 11.5. The topological polar surface area (TPSA) is 66.5 Å². The molecule has 28 heavy (non-hydrogen) atoms. The van der Waals surface area contributed by atoms with Crippen LogP contribution in [0.4, 0.5) is 4.39 Å². The van der Waals surface area contributed by atoms with E-state index in [0.717, 1.165) is 30.5 Å². The number of rotatable bonds is 6. The van der Waals surface area contributed by atoms with Gasteiger partial charge in [-0.2, -0.15) is 4.31 Å². The first-order chi connectivity index (χ1) is 13.4. The summed E-state index contributed by atoms with van der Waals surface area (Å²) in [6.07, 6.45) is 2.32. The van der Waals surface area contributed by atoms with Crippen LogP contribution in [0.25, 0.3) is 0 Å². The second-order valence-corrected chi connectivity index (χ2v) is 9.15. The van der Waals surface area contributed by atoms with Gasteiger partial charge in [0.1, 0.15) is 5.82 Å². The third-order valence-corrected chi connectivity index (χ3v) is 7.04. The summed E-state index contributed by atoms with van der Waals surface area (Å²) < 4.78 is 40.4. The average Bonchev–Trinajstić information content (AvgIpc) is 2.68. The molecule has 0 bridgehead atoms. The molecule has 0 spiro atoms. The smallest absolute Gasteiger partial charge is 0.243 e. The second kappa shape index (κ2) is 9.03. The molecule has 0 aliphatic carbocycles. The maximum atomic E-state index is 13.1. The SMILES string of the molecule is O=C(CC1CCCCN1S(=O)(=O)c1ccc(F)cc1)NCc1ccc(Cl)cc1. The van der Waals surface area contributed by atoms with Crippen LogP contribution in [-0.4, -0.2) is 31.2 Å². The summed E-state index contributed by atoms with van der Waals surface area (Å²) in [5.74, 6) is -0.697. The van der Waals surface area contributed by atoms with Crippen molar-refractivity contribution in [1.29, 1.82) is 0 Å². The number of sulfonamides is 1. The number of amides is 1. The van der Waals surface area contributed by atoms with Gasteiger partial charge < -0.3 is 5.32 Å². The Morgan fingerprint density at radius 1 is 1.11 bits per heavy atom. The molecule has 1 atom stereocenters. The number of nitrogens with zero attached hydrogens (tertiary/aromatic N) is 1. The Morgan fingerprint density at radius 3 is 2.46 bits per heavy atom. The van der Waals surface area contributed by atoms with Gasteiger partial charge in [-0.05, 0) is 54.8 Å². The molecule has 2 aromatic rings. The fourth-order valence-electron chi connectivity index (χ4n) is 3.33. The van der Waals surface area contributed by atoms with Gasteiger partial charge in [0, 0.05) is 30.6 Å². The Labute approximate surface area is 169 Å². The standard InChI is InChI=1S/C20H22ClFN2O3S/c21-16-6-4-15(5-7-16)14-23-20(25)13-18-3-1-2-12-24(18)28(26,27)19-10-8-17(22)9-11-19/h4-11,18H,1-3,12-14H2,(H,23,25). The number of hydrogen-bond donors (Lipinski definition) is 1. The molecule has 1 aliphatic rings. The van der Waals surface area contributed by atoms with Crippen LogP contribution in [0.15, 0.2) is 53.4 Å². The lowest BCUT2D eigenvalue weighted by Crippen LogP contribution is -2.45. The van der Waals surface area contributed by atoms with Crippen LogP contribution < -0.4 is 5.32 Å². The summed E-state index contributed by atoms with van der Waals surface area (Å²) in [5.41, 5.74) is 0.914. The highest BCUT2D eigenvalue weighted by molar-refractivity contribution is 7.89. The Kier molecular flexibility index (Phi) is 6.69. The average molecular weight is 425 g/mol. The molecule has 3 rings (SSSR count). The highest BCUT2D eigenvalue weighted by Gasteiger charge is 2.34. The molecule has 8 heteroatoms. The van der Waals surface area contributed by atoms with Gasteiger partial charge in [-0.1, -0.05) is 30.2 Å². The van der Waals surface area contributed by atoms with Crippen LogP contribution in [-0.2, 0) is 21.4 Å². The first-order valence-corrected chi connectivity index (χ1v) is 11.0. The van der Waals surface area contributed by atoms with Crippen molar-refractivity contribution in [2.75, 3.05) is 6.54 Å². The van der Waals surface area contributed by atoms with Gasteiger partial charge in [-0.3, -0.25) is 4.79 Å². The third kappa shape index (κ3) is 5.10. The van der Waals surface area contributed by atoms with Gasteiger partial charge in [0.25, 0.3) is 0 Å². The van der Waals surface area contributed by atoms with Crippen molar-refractivity contribution < 1.29 is 17.6 Å². The van der Waals surface area contributed by atoms with Gasteiger partial charge >= 0.3 is 0 Å². The monoisotopic (exact) mass is 424 g/mol. The summed E-state index contributed by atoms with van der Waals surface area (Å²) in [5, 5.41) is 3.46. The number of benzene rings is 2. The minimum atomic E-state index is -3.77. The number of halogens is 2. The summed E-state index contributed by atoms with van der Waals surface area (Å²) >= 11 is 5.85. The Bertz CT molecular complexity index is 917. The van der Waals surface area contributed by atoms with E-state index < -0.39 is 21.9 Å². The van der Waals surface area contributed by atoms with E-state index in [1.165, 1.54) is 16.4 Å². The van der Waals surface area contributed by atoms with E-state index in [0.29, 0.717) is 24.5 Å². The second-order valence-electron chi connectivity index (χ2n) is 6.83. The van der Waals surface area contributed by atoms with Gasteiger partial charge in [-0.25, -0.2) is 12.8 Å². The minimum absolute atomic E-state index is 0.0439. The number of carbonyl (C=O) groups is 1. The van der Waals surface area contributed by atoms with Crippen molar-refractivity contribution in [2.45, 2.75) is 43.2 Å². The van der Waals surface area contributed by atoms with Crippen LogP contribution in [0, 0.1) is 5.82 Å². The molecule has 1 amide bonds. The van der Waals surface area contributed by atoms with Gasteiger partial charge in [0.15, 0.2) is 0 Å². The van der Waals surface area contributed by atoms with Crippen molar-refractivity contribution in [3.05, 3.63) is 64.9 Å². The van der Waals surface area contributed by atoms with Crippen molar-refractivity contribution in [3.8, 4) is 0 Å². The zero-order valence-corrected chi connectivity index (χ0v) is 16.8. The van der Waals surface area contributed by atoms with E-state index in [4.69, 9.17) is 11.6 Å². The molecule has 0 saturated carbocycles. The van der Waals surface area contributed by atoms with E-state index in [1.54, 1.807) is 12.1 Å². The van der Waals surface area contributed by atoms with Crippen molar-refractivity contribution in [3.63, 3.8) is 0 Å². The fourth-order valence-corrected chi connectivity index (χ4v) is 5.14. The summed E-state index contributed by atoms with van der Waals surface area (Å²) in [4.78, 5) is 12.4. The van der Waals surface area contributed by atoms with E-state index >= 15 is 0 Å². The van der Waals surface area contributed by atoms with Crippen LogP contribution >= 0.6 is 11.6 Å². The Morgan fingerprint density at radius 2 is 1.79 bits per heavy atom. The molecule has 2 aromatic carbocycles. The highest BCUT2D eigenvalue weighted by atomic mass is 35.5. The molecule has 0 aromatic heterocycles. The third-order valence-electron chi connectivity index (χ3n) is 4.82. The molecule has 1 fully saturated rings. The molecule has 5 nitrogen and oxygen atoms in total. The molecular formula is C20H22ClFN2O3S. The molecule has 1 unspecified atom stereocenters. The lowest BCUT2D eigenvalue weighted by molar-refractivity contribution is -0.122. The van der Waals surface area contributed by atoms with Gasteiger partial charge in [0.05, 0.1) is 4.90 Å². The number of piperidine rings is 1. The zero-order valence-electron chi connectivity index (χ0n) is 15.3. The molecule has 1 N–H and O–H groups in total. The van der Waals surface area contributed by atoms with Crippen molar-refractivity contribution >= 4 is 27.5 Å². The largest absolute Gasteiger partial charge is 0.352 e. The van der Waals surface area contributed by atoms with E-state index in [-0.39, 0.29) is 17.2 Å². The molecule has 0 radical (unpaired) electrons. The molecule has 1 saturated heterocycles. The van der Waals surface area contributed by atoms with E-state index in [9.17, 15) is 17.6 Å². The van der Waals surface area contributed by atoms with Gasteiger partial charge in [-0.15, -0.1) is 0 Å². The van der Waals surface area contributed by atoms with E-state index in [1.807, 2.05) is 12.1 Å². The number of nitrogens with one attached hydrogen (secondary N) is 1. The first-order valence-electron chi connectivity index (χ1n) is 9.15. The van der Waals surface area contributed by atoms with Crippen molar-refractivity contribution in [2.24, 2.45) is 0 Å². The molecular weight excluding hydrogens is 403 g/mol.